The van der Waals surface area contributed by atoms with Crippen LogP contribution in [0.2, 0.25) is 5.15 Å². The summed E-state index contributed by atoms with van der Waals surface area (Å²) < 4.78 is 0. The van der Waals surface area contributed by atoms with Gasteiger partial charge in [-0.25, -0.2) is 9.97 Å². The molecule has 2 aromatic rings. The SMILES string of the molecule is Cc1ccnc(Cl)c1NC(C)c1nccs1. The summed E-state index contributed by atoms with van der Waals surface area (Å²) in [6, 6.07) is 2.07. The molecule has 84 valence electrons. The van der Waals surface area contributed by atoms with Gasteiger partial charge in [-0.1, -0.05) is 11.6 Å². The molecule has 1 atom stereocenters. The Morgan fingerprint density at radius 3 is 2.81 bits per heavy atom. The molecular formula is C11H12ClN3S. The Kier molecular flexibility index (Phi) is 3.41. The zero-order valence-electron chi connectivity index (χ0n) is 9.07. The topological polar surface area (TPSA) is 37.8 Å². The quantitative estimate of drug-likeness (QED) is 0.848. The Bertz CT molecular complexity index is 450. The fraction of sp³-hybridized carbons (Fsp3) is 0.273. The van der Waals surface area contributed by atoms with Crippen molar-refractivity contribution in [2.45, 2.75) is 19.9 Å². The molecule has 0 radical (unpaired) electrons. The highest BCUT2D eigenvalue weighted by molar-refractivity contribution is 7.09. The minimum Gasteiger partial charge on any atom is -0.373 e. The maximum Gasteiger partial charge on any atom is 0.152 e. The van der Waals surface area contributed by atoms with Crippen LogP contribution in [0.25, 0.3) is 0 Å². The molecular weight excluding hydrogens is 242 g/mol. The molecule has 16 heavy (non-hydrogen) atoms. The average Bonchev–Trinajstić information content (AvgIpc) is 2.76. The van der Waals surface area contributed by atoms with Crippen molar-refractivity contribution in [1.82, 2.24) is 9.97 Å². The molecule has 0 bridgehead atoms. The van der Waals surface area contributed by atoms with Gasteiger partial charge in [0.2, 0.25) is 0 Å². The Labute approximate surface area is 104 Å². The molecule has 0 spiro atoms. The molecule has 0 amide bonds. The summed E-state index contributed by atoms with van der Waals surface area (Å²) in [6.07, 6.45) is 3.51. The van der Waals surface area contributed by atoms with Crippen LogP contribution in [0.5, 0.6) is 0 Å². The third kappa shape index (κ3) is 2.33. The van der Waals surface area contributed by atoms with E-state index in [1.54, 1.807) is 23.7 Å². The van der Waals surface area contributed by atoms with Crippen LogP contribution in [0.3, 0.4) is 0 Å². The van der Waals surface area contributed by atoms with E-state index < -0.39 is 0 Å². The standard InChI is InChI=1S/C11H12ClN3S/c1-7-3-4-13-10(12)9(7)15-8(2)11-14-5-6-16-11/h3-6,8,15H,1-2H3. The molecule has 1 N–H and O–H groups in total. The number of nitrogens with one attached hydrogen (secondary N) is 1. The van der Waals surface area contributed by atoms with Gasteiger partial charge in [-0.3, -0.25) is 0 Å². The van der Waals surface area contributed by atoms with Gasteiger partial charge in [0.15, 0.2) is 5.15 Å². The van der Waals surface area contributed by atoms with Crippen LogP contribution in [0.15, 0.2) is 23.8 Å². The van der Waals surface area contributed by atoms with E-state index in [9.17, 15) is 0 Å². The van der Waals surface area contributed by atoms with Gasteiger partial charge >= 0.3 is 0 Å². The second kappa shape index (κ2) is 4.80. The number of hydrogen-bond donors (Lipinski definition) is 1. The number of thiazole rings is 1. The molecule has 3 nitrogen and oxygen atoms in total. The van der Waals surface area contributed by atoms with Crippen LogP contribution in [0.1, 0.15) is 23.5 Å². The zero-order chi connectivity index (χ0) is 11.5. The summed E-state index contributed by atoms with van der Waals surface area (Å²) in [5.74, 6) is 0. The predicted octanol–water partition coefficient (Wildman–Crippen LogP) is 3.67. The van der Waals surface area contributed by atoms with Gasteiger partial charge in [0, 0.05) is 17.8 Å². The van der Waals surface area contributed by atoms with Crippen molar-refractivity contribution in [3.8, 4) is 0 Å². The second-order valence-corrected chi connectivity index (χ2v) is 4.81. The second-order valence-electron chi connectivity index (χ2n) is 3.53. The maximum atomic E-state index is 6.04. The molecule has 0 aliphatic heterocycles. The maximum absolute atomic E-state index is 6.04. The molecule has 2 aromatic heterocycles. The molecule has 2 rings (SSSR count). The summed E-state index contributed by atoms with van der Waals surface area (Å²) in [6.45, 7) is 4.06. The van der Waals surface area contributed by atoms with Gasteiger partial charge in [0.1, 0.15) is 5.01 Å². The summed E-state index contributed by atoms with van der Waals surface area (Å²) in [5.41, 5.74) is 1.97. The zero-order valence-corrected chi connectivity index (χ0v) is 10.6. The number of anilines is 1. The average molecular weight is 254 g/mol. The normalized spacial score (nSPS) is 12.4. The third-order valence-electron chi connectivity index (χ3n) is 2.30. The molecule has 1 unspecified atom stereocenters. The lowest BCUT2D eigenvalue weighted by molar-refractivity contribution is 0.866. The Morgan fingerprint density at radius 1 is 1.38 bits per heavy atom. The van der Waals surface area contributed by atoms with Gasteiger partial charge in [-0.15, -0.1) is 11.3 Å². The highest BCUT2D eigenvalue weighted by Crippen LogP contribution is 2.27. The van der Waals surface area contributed by atoms with E-state index in [1.165, 1.54) is 0 Å². The van der Waals surface area contributed by atoms with E-state index >= 15 is 0 Å². The molecule has 0 fully saturated rings. The number of hydrogen-bond acceptors (Lipinski definition) is 4. The molecule has 0 aliphatic carbocycles. The van der Waals surface area contributed by atoms with Crippen molar-refractivity contribution in [3.05, 3.63) is 39.6 Å². The number of aryl methyl sites for hydroxylation is 1. The minimum atomic E-state index is 0.139. The highest BCUT2D eigenvalue weighted by atomic mass is 35.5. The van der Waals surface area contributed by atoms with Crippen molar-refractivity contribution in [2.24, 2.45) is 0 Å². The van der Waals surface area contributed by atoms with E-state index in [4.69, 9.17) is 11.6 Å². The van der Waals surface area contributed by atoms with Crippen LogP contribution in [-0.4, -0.2) is 9.97 Å². The largest absolute Gasteiger partial charge is 0.373 e. The van der Waals surface area contributed by atoms with Crippen LogP contribution < -0.4 is 5.32 Å². The molecule has 0 aromatic carbocycles. The number of pyridine rings is 1. The number of nitrogens with zero attached hydrogens (tertiary/aromatic N) is 2. The van der Waals surface area contributed by atoms with E-state index in [2.05, 4.69) is 22.2 Å². The van der Waals surface area contributed by atoms with E-state index in [0.717, 1.165) is 16.3 Å². The molecule has 5 heteroatoms. The molecule has 0 aliphatic rings. The van der Waals surface area contributed by atoms with Crippen LogP contribution in [-0.2, 0) is 0 Å². The predicted molar refractivity (Wildman–Crippen MR) is 68.1 cm³/mol. The summed E-state index contributed by atoms with van der Waals surface area (Å²) in [7, 11) is 0. The van der Waals surface area contributed by atoms with Crippen molar-refractivity contribution in [2.75, 3.05) is 5.32 Å². The van der Waals surface area contributed by atoms with Gasteiger partial charge in [-0.05, 0) is 25.5 Å². The van der Waals surface area contributed by atoms with Crippen molar-refractivity contribution in [1.29, 1.82) is 0 Å². The highest BCUT2D eigenvalue weighted by Gasteiger charge is 2.11. The van der Waals surface area contributed by atoms with Crippen molar-refractivity contribution >= 4 is 28.6 Å². The lowest BCUT2D eigenvalue weighted by Crippen LogP contribution is -2.08. The van der Waals surface area contributed by atoms with Crippen LogP contribution >= 0.6 is 22.9 Å². The summed E-state index contributed by atoms with van der Waals surface area (Å²) in [4.78, 5) is 8.32. The lowest BCUT2D eigenvalue weighted by atomic mass is 10.2. The fourth-order valence-electron chi connectivity index (χ4n) is 1.43. The third-order valence-corrected chi connectivity index (χ3v) is 3.54. The van der Waals surface area contributed by atoms with Gasteiger partial charge in [0.05, 0.1) is 11.7 Å². The van der Waals surface area contributed by atoms with Gasteiger partial charge in [0.25, 0.3) is 0 Å². The Balaban J connectivity index is 2.21. The van der Waals surface area contributed by atoms with Gasteiger partial charge < -0.3 is 5.32 Å². The van der Waals surface area contributed by atoms with Crippen molar-refractivity contribution in [3.63, 3.8) is 0 Å². The minimum absolute atomic E-state index is 0.139. The van der Waals surface area contributed by atoms with E-state index in [-0.39, 0.29) is 6.04 Å². The number of halogens is 1. The first-order valence-electron chi connectivity index (χ1n) is 4.95. The molecule has 2 heterocycles. The molecule has 0 saturated heterocycles. The first kappa shape index (κ1) is 11.4. The number of aromatic nitrogens is 2. The van der Waals surface area contributed by atoms with Crippen molar-refractivity contribution < 1.29 is 0 Å². The van der Waals surface area contributed by atoms with Crippen LogP contribution in [0, 0.1) is 6.92 Å². The molecule has 0 saturated carbocycles. The first-order chi connectivity index (χ1) is 7.68. The number of rotatable bonds is 3. The first-order valence-corrected chi connectivity index (χ1v) is 6.21. The summed E-state index contributed by atoms with van der Waals surface area (Å²) >= 11 is 7.67. The van der Waals surface area contributed by atoms with Gasteiger partial charge in [-0.2, -0.15) is 0 Å². The van der Waals surface area contributed by atoms with E-state index in [1.807, 2.05) is 18.4 Å². The van der Waals surface area contributed by atoms with Crippen LogP contribution in [0.4, 0.5) is 5.69 Å². The fourth-order valence-corrected chi connectivity index (χ4v) is 2.33. The summed E-state index contributed by atoms with van der Waals surface area (Å²) in [5, 5.41) is 6.84. The smallest absolute Gasteiger partial charge is 0.152 e. The monoisotopic (exact) mass is 253 g/mol. The lowest BCUT2D eigenvalue weighted by Gasteiger charge is -2.15. The Hall–Kier alpha value is -1.13. The Morgan fingerprint density at radius 2 is 2.19 bits per heavy atom. The van der Waals surface area contributed by atoms with E-state index in [0.29, 0.717) is 5.15 Å².